The van der Waals surface area contributed by atoms with Crippen LogP contribution in [0.15, 0.2) is 30.5 Å². The highest BCUT2D eigenvalue weighted by Gasteiger charge is 2.17. The zero-order valence-electron chi connectivity index (χ0n) is 15.0. The third kappa shape index (κ3) is 3.56. The van der Waals surface area contributed by atoms with E-state index in [9.17, 15) is 8.42 Å². The van der Waals surface area contributed by atoms with Crippen LogP contribution >= 0.6 is 0 Å². The number of nitrogens with zero attached hydrogens (tertiary/aromatic N) is 3. The molecule has 0 saturated carbocycles. The number of aliphatic hydroxyl groups is 1. The van der Waals surface area contributed by atoms with E-state index >= 15 is 0 Å². The van der Waals surface area contributed by atoms with E-state index in [0.717, 1.165) is 28.9 Å². The molecule has 0 aliphatic carbocycles. The lowest BCUT2D eigenvalue weighted by Crippen LogP contribution is -2.11. The molecule has 0 radical (unpaired) electrons. The molecule has 1 aromatic carbocycles. The number of imidazole rings is 1. The number of hydrogen-bond donors (Lipinski definition) is 2. The molecule has 26 heavy (non-hydrogen) atoms. The van der Waals surface area contributed by atoms with Gasteiger partial charge in [0, 0.05) is 24.3 Å². The molecule has 138 valence electrons. The maximum Gasteiger partial charge on any atom is 0.229 e. The normalized spacial score (nSPS) is 11.8. The molecule has 3 rings (SSSR count). The molecule has 0 aliphatic rings. The van der Waals surface area contributed by atoms with Gasteiger partial charge in [0.25, 0.3) is 0 Å². The van der Waals surface area contributed by atoms with Crippen LogP contribution in [0, 0.1) is 6.92 Å². The highest BCUT2D eigenvalue weighted by molar-refractivity contribution is 7.92. The molecule has 0 atom stereocenters. The van der Waals surface area contributed by atoms with E-state index in [1.807, 2.05) is 42.7 Å². The Balaban J connectivity index is 2.15. The van der Waals surface area contributed by atoms with Crippen LogP contribution in [0.2, 0.25) is 0 Å². The number of hydrogen-bond acceptors (Lipinski definition) is 5. The zero-order chi connectivity index (χ0) is 18.9. The summed E-state index contributed by atoms with van der Waals surface area (Å²) in [6.45, 7) is 3.96. The molecule has 7 nitrogen and oxygen atoms in total. The van der Waals surface area contributed by atoms with Crippen LogP contribution in [-0.4, -0.2) is 40.9 Å². The van der Waals surface area contributed by atoms with Crippen molar-refractivity contribution in [3.05, 3.63) is 47.4 Å². The van der Waals surface area contributed by atoms with Gasteiger partial charge < -0.3 is 5.11 Å². The maximum absolute atomic E-state index is 11.5. The summed E-state index contributed by atoms with van der Waals surface area (Å²) in [5, 5.41) is 9.06. The Morgan fingerprint density at radius 3 is 2.50 bits per heavy atom. The van der Waals surface area contributed by atoms with Gasteiger partial charge in [-0.25, -0.2) is 18.4 Å². The number of nitrogens with one attached hydrogen (secondary N) is 1. The van der Waals surface area contributed by atoms with E-state index in [2.05, 4.69) is 14.7 Å². The Morgan fingerprint density at radius 2 is 1.92 bits per heavy atom. The van der Waals surface area contributed by atoms with Crippen molar-refractivity contribution in [2.24, 2.45) is 0 Å². The van der Waals surface area contributed by atoms with Crippen molar-refractivity contribution >= 4 is 26.9 Å². The van der Waals surface area contributed by atoms with Gasteiger partial charge in [-0.1, -0.05) is 19.1 Å². The molecule has 0 unspecified atom stereocenters. The van der Waals surface area contributed by atoms with Crippen LogP contribution in [0.5, 0.6) is 0 Å². The summed E-state index contributed by atoms with van der Waals surface area (Å²) < 4.78 is 27.6. The highest BCUT2D eigenvalue weighted by atomic mass is 32.2. The fraction of sp³-hybridized carbons (Fsp3) is 0.333. The number of aryl methyl sites for hydroxylation is 2. The molecule has 0 bridgehead atoms. The predicted octanol–water partition coefficient (Wildman–Crippen LogP) is 2.20. The molecular weight excluding hydrogens is 352 g/mol. The fourth-order valence-electron chi connectivity index (χ4n) is 2.93. The molecule has 8 heteroatoms. The second-order valence-corrected chi connectivity index (χ2v) is 7.95. The number of aromatic nitrogens is 3. The van der Waals surface area contributed by atoms with Gasteiger partial charge in [-0.05, 0) is 31.0 Å². The SMILES string of the molecule is CCc1nc2c(C)c(NS(C)(=O)=O)cnc2n1-c1ccc(CCO)cc1. The number of benzene rings is 1. The van der Waals surface area contributed by atoms with Crippen LogP contribution in [0.1, 0.15) is 23.9 Å². The minimum absolute atomic E-state index is 0.116. The average Bonchev–Trinajstić information content (AvgIpc) is 2.97. The standard InChI is InChI=1S/C18H22N4O3S/c1-4-16-20-17-12(2)15(21-26(3,24)25)11-19-18(17)22(16)14-7-5-13(6-8-14)9-10-23/h5-8,11,21,23H,4,9-10H2,1-3H3. The summed E-state index contributed by atoms with van der Waals surface area (Å²) in [7, 11) is -3.38. The third-order valence-corrected chi connectivity index (χ3v) is 4.80. The quantitative estimate of drug-likeness (QED) is 0.689. The summed E-state index contributed by atoms with van der Waals surface area (Å²) in [4.78, 5) is 9.15. The zero-order valence-corrected chi connectivity index (χ0v) is 15.8. The van der Waals surface area contributed by atoms with Crippen molar-refractivity contribution in [2.75, 3.05) is 17.6 Å². The smallest absolute Gasteiger partial charge is 0.229 e. The molecule has 0 spiro atoms. The second kappa shape index (κ2) is 7.05. The van der Waals surface area contributed by atoms with Crippen molar-refractivity contribution in [3.63, 3.8) is 0 Å². The Kier molecular flexibility index (Phi) is 4.97. The molecule has 0 aliphatic heterocycles. The van der Waals surface area contributed by atoms with Crippen molar-refractivity contribution in [3.8, 4) is 5.69 Å². The van der Waals surface area contributed by atoms with Gasteiger partial charge in [0.05, 0.1) is 18.1 Å². The molecule has 2 heterocycles. The molecule has 2 aromatic heterocycles. The number of sulfonamides is 1. The summed E-state index contributed by atoms with van der Waals surface area (Å²) >= 11 is 0. The predicted molar refractivity (Wildman–Crippen MR) is 102 cm³/mol. The van der Waals surface area contributed by atoms with E-state index < -0.39 is 10.0 Å². The van der Waals surface area contributed by atoms with E-state index in [4.69, 9.17) is 5.11 Å². The van der Waals surface area contributed by atoms with Crippen LogP contribution in [0.3, 0.4) is 0 Å². The van der Waals surface area contributed by atoms with E-state index in [-0.39, 0.29) is 6.61 Å². The minimum Gasteiger partial charge on any atom is -0.396 e. The second-order valence-electron chi connectivity index (χ2n) is 6.20. The lowest BCUT2D eigenvalue weighted by atomic mass is 10.1. The van der Waals surface area contributed by atoms with Crippen molar-refractivity contribution < 1.29 is 13.5 Å². The van der Waals surface area contributed by atoms with Gasteiger partial charge in [0.1, 0.15) is 11.3 Å². The topological polar surface area (TPSA) is 97.1 Å². The number of aliphatic hydroxyl groups excluding tert-OH is 1. The average molecular weight is 374 g/mol. The number of pyridine rings is 1. The highest BCUT2D eigenvalue weighted by Crippen LogP contribution is 2.27. The molecule has 2 N–H and O–H groups in total. The van der Waals surface area contributed by atoms with Crippen LogP contribution in [-0.2, 0) is 22.9 Å². The van der Waals surface area contributed by atoms with Gasteiger partial charge in [0.15, 0.2) is 5.65 Å². The third-order valence-electron chi connectivity index (χ3n) is 4.20. The Labute approximate surface area is 152 Å². The fourth-order valence-corrected chi connectivity index (χ4v) is 3.53. The first kappa shape index (κ1) is 18.3. The minimum atomic E-state index is -3.38. The Morgan fingerprint density at radius 1 is 1.23 bits per heavy atom. The van der Waals surface area contributed by atoms with Crippen molar-refractivity contribution in [1.82, 2.24) is 14.5 Å². The van der Waals surface area contributed by atoms with Gasteiger partial charge in [-0.2, -0.15) is 0 Å². The maximum atomic E-state index is 11.5. The van der Waals surface area contributed by atoms with Gasteiger partial charge in [0.2, 0.25) is 10.0 Å². The van der Waals surface area contributed by atoms with Crippen molar-refractivity contribution in [2.45, 2.75) is 26.7 Å². The Bertz CT molecular complexity index is 1040. The van der Waals surface area contributed by atoms with Gasteiger partial charge in [-0.3, -0.25) is 9.29 Å². The molecule has 0 saturated heterocycles. The number of rotatable bonds is 6. The summed E-state index contributed by atoms with van der Waals surface area (Å²) in [5.41, 5.74) is 4.53. The molecule has 0 fully saturated rings. The van der Waals surface area contributed by atoms with E-state index in [0.29, 0.717) is 29.7 Å². The lowest BCUT2D eigenvalue weighted by Gasteiger charge is -2.10. The Hall–Kier alpha value is -2.45. The first-order chi connectivity index (χ1) is 12.3. The van der Waals surface area contributed by atoms with E-state index in [1.54, 1.807) is 0 Å². The van der Waals surface area contributed by atoms with Gasteiger partial charge >= 0.3 is 0 Å². The summed E-state index contributed by atoms with van der Waals surface area (Å²) in [6, 6.07) is 7.91. The number of anilines is 1. The van der Waals surface area contributed by atoms with Crippen LogP contribution in [0.4, 0.5) is 5.69 Å². The first-order valence-electron chi connectivity index (χ1n) is 8.39. The summed E-state index contributed by atoms with van der Waals surface area (Å²) in [6.07, 6.45) is 3.96. The molecular formula is C18H22N4O3S. The van der Waals surface area contributed by atoms with Crippen molar-refractivity contribution in [1.29, 1.82) is 0 Å². The summed E-state index contributed by atoms with van der Waals surface area (Å²) in [5.74, 6) is 0.849. The van der Waals surface area contributed by atoms with Crippen LogP contribution in [0.25, 0.3) is 16.9 Å². The van der Waals surface area contributed by atoms with Gasteiger partial charge in [-0.15, -0.1) is 0 Å². The molecule has 0 amide bonds. The lowest BCUT2D eigenvalue weighted by molar-refractivity contribution is 0.299. The number of fused-ring (bicyclic) bond motifs is 1. The van der Waals surface area contributed by atoms with Crippen LogP contribution < -0.4 is 4.72 Å². The first-order valence-corrected chi connectivity index (χ1v) is 10.3. The van der Waals surface area contributed by atoms with E-state index in [1.165, 1.54) is 6.20 Å². The monoisotopic (exact) mass is 374 g/mol. The molecule has 3 aromatic rings. The largest absolute Gasteiger partial charge is 0.396 e.